The highest BCUT2D eigenvalue weighted by Gasteiger charge is 2.28. The molecule has 0 saturated heterocycles. The number of nitrogens with zero attached hydrogens (tertiary/aromatic N) is 1. The Morgan fingerprint density at radius 2 is 2.00 bits per heavy atom. The largest absolute Gasteiger partial charge is 0.502 e. The Labute approximate surface area is 127 Å². The van der Waals surface area contributed by atoms with Gasteiger partial charge in [-0.05, 0) is 18.9 Å². The first-order valence-electron chi connectivity index (χ1n) is 7.00. The Bertz CT molecular complexity index is 530. The van der Waals surface area contributed by atoms with E-state index in [9.17, 15) is 20.3 Å². The molecule has 0 spiro atoms. The monoisotopic (exact) mass is 314 g/mol. The van der Waals surface area contributed by atoms with Crippen LogP contribution in [0, 0.1) is 10.1 Å². The molecule has 2 rings (SSSR count). The predicted octanol–water partition coefficient (Wildman–Crippen LogP) is 2.74. The third-order valence-corrected chi connectivity index (χ3v) is 4.10. The van der Waals surface area contributed by atoms with Crippen LogP contribution in [0.25, 0.3) is 0 Å². The molecule has 0 bridgehead atoms. The van der Waals surface area contributed by atoms with E-state index < -0.39 is 16.2 Å². The second-order valence-corrected chi connectivity index (χ2v) is 6.01. The predicted molar refractivity (Wildman–Crippen MR) is 79.5 cm³/mol. The molecule has 0 amide bonds. The van der Waals surface area contributed by atoms with Gasteiger partial charge in [-0.3, -0.25) is 10.1 Å². The van der Waals surface area contributed by atoms with E-state index in [4.69, 9.17) is 11.6 Å². The first kappa shape index (κ1) is 16.0. The maximum Gasteiger partial charge on any atom is 0.312 e. The van der Waals surface area contributed by atoms with Crippen LogP contribution in [0.2, 0.25) is 5.02 Å². The number of rotatable bonds is 5. The standard InChI is InChI=1S/C14H19ClN2O4/c15-11-6-10(13(18)12(7-11)17(20)21)8-16-9-14(19)4-2-1-3-5-14/h6-7,16,18-19H,1-5,8-9H2. The minimum absolute atomic E-state index is 0.202. The van der Waals surface area contributed by atoms with Gasteiger partial charge in [0.2, 0.25) is 0 Å². The Kier molecular flexibility index (Phi) is 5.03. The average molecular weight is 315 g/mol. The molecular formula is C14H19ClN2O4. The number of nitrogens with one attached hydrogen (secondary N) is 1. The number of benzene rings is 1. The molecule has 1 aromatic rings. The van der Waals surface area contributed by atoms with E-state index in [1.165, 1.54) is 6.07 Å². The average Bonchev–Trinajstić information content (AvgIpc) is 2.42. The second-order valence-electron chi connectivity index (χ2n) is 5.58. The van der Waals surface area contributed by atoms with Crippen LogP contribution in [0.1, 0.15) is 37.7 Å². The van der Waals surface area contributed by atoms with Gasteiger partial charge in [0.1, 0.15) is 0 Å². The van der Waals surface area contributed by atoms with Crippen LogP contribution >= 0.6 is 11.6 Å². The minimum atomic E-state index is -0.724. The van der Waals surface area contributed by atoms with Crippen LogP contribution in [0.15, 0.2) is 12.1 Å². The van der Waals surface area contributed by atoms with Crippen molar-refractivity contribution in [3.8, 4) is 5.75 Å². The van der Waals surface area contributed by atoms with Crippen molar-refractivity contribution in [3.05, 3.63) is 32.8 Å². The van der Waals surface area contributed by atoms with Crippen LogP contribution in [-0.4, -0.2) is 27.3 Å². The van der Waals surface area contributed by atoms with Crippen LogP contribution in [0.4, 0.5) is 5.69 Å². The number of phenolic OH excluding ortho intramolecular Hbond substituents is 1. The number of aromatic hydroxyl groups is 1. The van der Waals surface area contributed by atoms with Crippen molar-refractivity contribution in [2.24, 2.45) is 0 Å². The molecule has 1 aliphatic carbocycles. The number of nitro groups is 1. The summed E-state index contributed by atoms with van der Waals surface area (Å²) in [7, 11) is 0. The molecule has 7 heteroatoms. The molecule has 0 heterocycles. The van der Waals surface area contributed by atoms with Gasteiger partial charge in [-0.15, -0.1) is 0 Å². The van der Waals surface area contributed by atoms with Gasteiger partial charge in [-0.1, -0.05) is 30.9 Å². The van der Waals surface area contributed by atoms with Crippen LogP contribution in [0.3, 0.4) is 0 Å². The molecule has 0 aromatic heterocycles. The molecule has 3 N–H and O–H groups in total. The fourth-order valence-electron chi connectivity index (χ4n) is 2.73. The molecule has 116 valence electrons. The molecule has 1 aromatic carbocycles. The zero-order valence-corrected chi connectivity index (χ0v) is 12.4. The van der Waals surface area contributed by atoms with E-state index in [1.54, 1.807) is 0 Å². The van der Waals surface area contributed by atoms with Crippen molar-refractivity contribution in [2.75, 3.05) is 6.54 Å². The maximum absolute atomic E-state index is 10.8. The van der Waals surface area contributed by atoms with Gasteiger partial charge in [0.25, 0.3) is 0 Å². The van der Waals surface area contributed by atoms with Crippen LogP contribution < -0.4 is 5.32 Å². The Morgan fingerprint density at radius 3 is 2.62 bits per heavy atom. The van der Waals surface area contributed by atoms with Crippen molar-refractivity contribution < 1.29 is 15.1 Å². The first-order chi connectivity index (χ1) is 9.91. The molecule has 0 aliphatic heterocycles. The highest BCUT2D eigenvalue weighted by atomic mass is 35.5. The second kappa shape index (κ2) is 6.60. The van der Waals surface area contributed by atoms with E-state index in [1.807, 2.05) is 0 Å². The molecular weight excluding hydrogens is 296 g/mol. The summed E-state index contributed by atoms with van der Waals surface area (Å²) in [4.78, 5) is 10.2. The van der Waals surface area contributed by atoms with E-state index in [0.29, 0.717) is 12.1 Å². The lowest BCUT2D eigenvalue weighted by Crippen LogP contribution is -2.41. The Morgan fingerprint density at radius 1 is 1.33 bits per heavy atom. The maximum atomic E-state index is 10.8. The topological polar surface area (TPSA) is 95.6 Å². The van der Waals surface area contributed by atoms with E-state index in [-0.39, 0.29) is 17.3 Å². The zero-order valence-electron chi connectivity index (χ0n) is 11.6. The lowest BCUT2D eigenvalue weighted by atomic mass is 9.85. The number of halogens is 1. The molecule has 6 nitrogen and oxygen atoms in total. The lowest BCUT2D eigenvalue weighted by molar-refractivity contribution is -0.385. The molecule has 0 unspecified atom stereocenters. The summed E-state index contributed by atoms with van der Waals surface area (Å²) >= 11 is 5.83. The Hall–Kier alpha value is -1.37. The van der Waals surface area contributed by atoms with Gasteiger partial charge in [0.15, 0.2) is 5.75 Å². The van der Waals surface area contributed by atoms with E-state index in [2.05, 4.69) is 5.32 Å². The van der Waals surface area contributed by atoms with Crippen LogP contribution in [0.5, 0.6) is 5.75 Å². The summed E-state index contributed by atoms with van der Waals surface area (Å²) in [5.41, 5.74) is -0.775. The van der Waals surface area contributed by atoms with Crippen molar-refractivity contribution in [1.29, 1.82) is 0 Å². The molecule has 1 aliphatic rings. The first-order valence-corrected chi connectivity index (χ1v) is 7.38. The molecule has 0 atom stereocenters. The summed E-state index contributed by atoms with van der Waals surface area (Å²) < 4.78 is 0. The Balaban J connectivity index is 2.01. The minimum Gasteiger partial charge on any atom is -0.502 e. The van der Waals surface area contributed by atoms with E-state index >= 15 is 0 Å². The van der Waals surface area contributed by atoms with Crippen molar-refractivity contribution in [2.45, 2.75) is 44.2 Å². The number of phenols is 1. The van der Waals surface area contributed by atoms with Crippen molar-refractivity contribution >= 4 is 17.3 Å². The summed E-state index contributed by atoms with van der Waals surface area (Å²) in [6, 6.07) is 2.61. The number of hydrogen-bond donors (Lipinski definition) is 3. The van der Waals surface area contributed by atoms with Crippen LogP contribution in [-0.2, 0) is 6.54 Å². The van der Waals surface area contributed by atoms with Gasteiger partial charge in [-0.2, -0.15) is 0 Å². The van der Waals surface area contributed by atoms with Gasteiger partial charge in [0.05, 0.1) is 10.5 Å². The molecule has 21 heavy (non-hydrogen) atoms. The van der Waals surface area contributed by atoms with Gasteiger partial charge < -0.3 is 15.5 Å². The summed E-state index contributed by atoms with van der Waals surface area (Å²) in [5.74, 6) is -0.382. The fourth-order valence-corrected chi connectivity index (χ4v) is 2.97. The zero-order chi connectivity index (χ0) is 15.5. The van der Waals surface area contributed by atoms with E-state index in [0.717, 1.165) is 38.2 Å². The summed E-state index contributed by atoms with van der Waals surface area (Å²) in [6.07, 6.45) is 4.66. The molecule has 1 fully saturated rings. The number of aliphatic hydroxyl groups is 1. The third-order valence-electron chi connectivity index (χ3n) is 3.88. The smallest absolute Gasteiger partial charge is 0.312 e. The third kappa shape index (κ3) is 4.06. The van der Waals surface area contributed by atoms with Crippen molar-refractivity contribution in [1.82, 2.24) is 5.32 Å². The van der Waals surface area contributed by atoms with Gasteiger partial charge in [0, 0.05) is 29.7 Å². The number of hydrogen-bond acceptors (Lipinski definition) is 5. The van der Waals surface area contributed by atoms with Crippen molar-refractivity contribution in [3.63, 3.8) is 0 Å². The highest BCUT2D eigenvalue weighted by molar-refractivity contribution is 6.31. The van der Waals surface area contributed by atoms with Gasteiger partial charge in [-0.25, -0.2) is 0 Å². The van der Waals surface area contributed by atoms with Gasteiger partial charge >= 0.3 is 5.69 Å². The quantitative estimate of drug-likeness (QED) is 0.573. The fraction of sp³-hybridized carbons (Fsp3) is 0.571. The summed E-state index contributed by atoms with van der Waals surface area (Å²) in [5, 5.41) is 34.3. The lowest BCUT2D eigenvalue weighted by Gasteiger charge is -2.32. The molecule has 0 radical (unpaired) electrons. The highest BCUT2D eigenvalue weighted by Crippen LogP contribution is 2.33. The number of nitro benzene ring substituents is 1. The normalized spacial score (nSPS) is 17.6. The summed E-state index contributed by atoms with van der Waals surface area (Å²) in [6.45, 7) is 0.613. The molecule has 1 saturated carbocycles. The SMILES string of the molecule is O=[N+]([O-])c1cc(Cl)cc(CNCC2(O)CCCCC2)c1O.